The molecule has 0 fully saturated rings. The van der Waals surface area contributed by atoms with Crippen LogP contribution in [0.3, 0.4) is 0 Å². The van der Waals surface area contributed by atoms with Crippen molar-refractivity contribution in [3.05, 3.63) is 41.3 Å². The monoisotopic (exact) mass is 323 g/mol. The lowest BCUT2D eigenvalue weighted by molar-refractivity contribution is 0.101. The van der Waals surface area contributed by atoms with E-state index in [2.05, 4.69) is 0 Å². The number of fused-ring (bicyclic) bond motifs is 1. The fourth-order valence-electron chi connectivity index (χ4n) is 2.18. The van der Waals surface area contributed by atoms with Crippen LogP contribution in [0.15, 0.2) is 39.9 Å². The van der Waals surface area contributed by atoms with Gasteiger partial charge in [0.2, 0.25) is 0 Å². The topological polar surface area (TPSA) is 63.7 Å². The van der Waals surface area contributed by atoms with E-state index >= 15 is 0 Å². The molecule has 2 aromatic rings. The van der Waals surface area contributed by atoms with Crippen molar-refractivity contribution in [2.45, 2.75) is 11.1 Å². The van der Waals surface area contributed by atoms with Crippen LogP contribution in [0.1, 0.15) is 17.3 Å². The van der Waals surface area contributed by atoms with Crippen LogP contribution in [0.4, 0.5) is 5.69 Å². The molecule has 1 aromatic heterocycles. The summed E-state index contributed by atoms with van der Waals surface area (Å²) in [6.45, 7) is 1.97. The summed E-state index contributed by atoms with van der Waals surface area (Å²) in [5.41, 5.74) is 0.882. The van der Waals surface area contributed by atoms with Crippen LogP contribution in [0.2, 0.25) is 0 Å². The number of nitrogens with zero attached hydrogens (tertiary/aromatic N) is 1. The number of carbonyl (C=O) groups excluding carboxylic acids is 1. The summed E-state index contributed by atoms with van der Waals surface area (Å²) >= 11 is 1.17. The van der Waals surface area contributed by atoms with Crippen LogP contribution in [-0.4, -0.2) is 27.4 Å². The van der Waals surface area contributed by atoms with Crippen LogP contribution in [0.25, 0.3) is 0 Å². The highest BCUT2D eigenvalue weighted by Crippen LogP contribution is 2.36. The molecule has 0 bridgehead atoms. The molecule has 1 aliphatic heterocycles. The lowest BCUT2D eigenvalue weighted by Gasteiger charge is -2.30. The molecule has 0 spiro atoms. The number of carbonyl (C=O) groups is 1. The smallest absolute Gasteiger partial charge is 0.274 e. The summed E-state index contributed by atoms with van der Waals surface area (Å²) in [7, 11) is -3.61. The average Bonchev–Trinajstić information content (AvgIpc) is 3.00. The van der Waals surface area contributed by atoms with Gasteiger partial charge in [0, 0.05) is 5.56 Å². The Morgan fingerprint density at radius 2 is 2.14 bits per heavy atom. The zero-order chi connectivity index (χ0) is 15.0. The number of hydrogen-bond acceptors (Lipinski definition) is 5. The second-order valence-electron chi connectivity index (χ2n) is 4.60. The van der Waals surface area contributed by atoms with E-state index in [0.717, 1.165) is 0 Å². The van der Waals surface area contributed by atoms with Gasteiger partial charge in [-0.3, -0.25) is 9.10 Å². The number of anilines is 1. The van der Waals surface area contributed by atoms with E-state index in [1.807, 2.05) is 0 Å². The summed E-state index contributed by atoms with van der Waals surface area (Å²) in [4.78, 5) is 11.5. The predicted molar refractivity (Wildman–Crippen MR) is 80.8 cm³/mol. The van der Waals surface area contributed by atoms with E-state index in [1.165, 1.54) is 22.6 Å². The molecule has 0 unspecified atom stereocenters. The molecule has 1 aromatic carbocycles. The van der Waals surface area contributed by atoms with Crippen molar-refractivity contribution in [3.63, 3.8) is 0 Å². The lowest BCUT2D eigenvalue weighted by atomic mass is 10.1. The zero-order valence-corrected chi connectivity index (χ0v) is 12.9. The number of ketones is 1. The van der Waals surface area contributed by atoms with Crippen molar-refractivity contribution >= 4 is 32.8 Å². The van der Waals surface area contributed by atoms with Crippen LogP contribution >= 0.6 is 11.3 Å². The number of ether oxygens (including phenoxy) is 1. The fourth-order valence-corrected chi connectivity index (χ4v) is 4.74. The Hall–Kier alpha value is -1.86. The number of hydrogen-bond donors (Lipinski definition) is 0. The van der Waals surface area contributed by atoms with Gasteiger partial charge in [0.15, 0.2) is 5.78 Å². The number of rotatable bonds is 3. The van der Waals surface area contributed by atoms with Gasteiger partial charge < -0.3 is 4.74 Å². The lowest BCUT2D eigenvalue weighted by Crippen LogP contribution is -2.37. The SMILES string of the molecule is CC(=O)c1ccc2c(c1)N(S(=O)(=O)c1cccs1)CCO2. The minimum Gasteiger partial charge on any atom is -0.489 e. The van der Waals surface area contributed by atoms with Gasteiger partial charge in [0.25, 0.3) is 10.0 Å². The Kier molecular flexibility index (Phi) is 3.46. The normalized spacial score (nSPS) is 14.4. The molecule has 0 atom stereocenters. The van der Waals surface area contributed by atoms with Gasteiger partial charge in [-0.1, -0.05) is 6.07 Å². The first kappa shape index (κ1) is 14.1. The van der Waals surface area contributed by atoms with Crippen molar-refractivity contribution in [2.75, 3.05) is 17.5 Å². The van der Waals surface area contributed by atoms with Crippen molar-refractivity contribution in [1.82, 2.24) is 0 Å². The van der Waals surface area contributed by atoms with Crippen LogP contribution in [-0.2, 0) is 10.0 Å². The molecule has 0 saturated heterocycles. The zero-order valence-electron chi connectivity index (χ0n) is 11.3. The fraction of sp³-hybridized carbons (Fsp3) is 0.214. The van der Waals surface area contributed by atoms with Crippen molar-refractivity contribution < 1.29 is 17.9 Å². The third-order valence-electron chi connectivity index (χ3n) is 3.23. The van der Waals surface area contributed by atoms with E-state index in [-0.39, 0.29) is 23.1 Å². The van der Waals surface area contributed by atoms with Gasteiger partial charge >= 0.3 is 0 Å². The van der Waals surface area contributed by atoms with Gasteiger partial charge in [-0.25, -0.2) is 8.42 Å². The quantitative estimate of drug-likeness (QED) is 0.814. The van der Waals surface area contributed by atoms with E-state index < -0.39 is 10.0 Å². The van der Waals surface area contributed by atoms with E-state index in [1.54, 1.807) is 35.7 Å². The maximum Gasteiger partial charge on any atom is 0.274 e. The minimum atomic E-state index is -3.61. The highest BCUT2D eigenvalue weighted by Gasteiger charge is 2.31. The molecule has 21 heavy (non-hydrogen) atoms. The first-order valence-corrected chi connectivity index (χ1v) is 8.66. The van der Waals surface area contributed by atoms with Gasteiger partial charge in [0.05, 0.1) is 12.2 Å². The first-order chi connectivity index (χ1) is 10.00. The molecule has 5 nitrogen and oxygen atoms in total. The Balaban J connectivity index is 2.12. The van der Waals surface area contributed by atoms with Crippen LogP contribution in [0, 0.1) is 0 Å². The maximum atomic E-state index is 12.7. The van der Waals surface area contributed by atoms with Gasteiger partial charge in [-0.15, -0.1) is 11.3 Å². The third kappa shape index (κ3) is 2.43. The van der Waals surface area contributed by atoms with Crippen LogP contribution in [0.5, 0.6) is 5.75 Å². The minimum absolute atomic E-state index is 0.114. The summed E-state index contributed by atoms with van der Waals surface area (Å²) in [5.74, 6) is 0.364. The van der Waals surface area contributed by atoms with E-state index in [4.69, 9.17) is 4.74 Å². The Bertz CT molecular complexity index is 781. The molecule has 2 heterocycles. The highest BCUT2D eigenvalue weighted by atomic mass is 32.2. The summed E-state index contributed by atoms with van der Waals surface area (Å²) < 4.78 is 32.5. The number of benzene rings is 1. The average molecular weight is 323 g/mol. The summed E-state index contributed by atoms with van der Waals surface area (Å²) in [5, 5.41) is 1.72. The van der Waals surface area contributed by atoms with Gasteiger partial charge in [-0.05, 0) is 36.6 Å². The summed E-state index contributed by atoms with van der Waals surface area (Å²) in [6.07, 6.45) is 0. The molecule has 0 aliphatic carbocycles. The Morgan fingerprint density at radius 3 is 2.81 bits per heavy atom. The number of sulfonamides is 1. The molecule has 3 rings (SSSR count). The largest absolute Gasteiger partial charge is 0.489 e. The van der Waals surface area contributed by atoms with Crippen molar-refractivity contribution in [2.24, 2.45) is 0 Å². The molecule has 0 N–H and O–H groups in total. The predicted octanol–water partition coefficient (Wildman–Crippen LogP) is 2.54. The Morgan fingerprint density at radius 1 is 1.33 bits per heavy atom. The number of Topliss-reactive ketones (excluding diaryl/α,β-unsaturated/α-hetero) is 1. The molecular weight excluding hydrogens is 310 g/mol. The maximum absolute atomic E-state index is 12.7. The van der Waals surface area contributed by atoms with E-state index in [0.29, 0.717) is 17.0 Å². The molecule has 0 radical (unpaired) electrons. The molecule has 110 valence electrons. The second-order valence-corrected chi connectivity index (χ2v) is 7.63. The van der Waals surface area contributed by atoms with Gasteiger partial charge in [0.1, 0.15) is 16.6 Å². The van der Waals surface area contributed by atoms with Crippen molar-refractivity contribution in [1.29, 1.82) is 0 Å². The van der Waals surface area contributed by atoms with Gasteiger partial charge in [-0.2, -0.15) is 0 Å². The molecular formula is C14H13NO4S2. The third-order valence-corrected chi connectivity index (χ3v) is 6.41. The molecule has 1 aliphatic rings. The van der Waals surface area contributed by atoms with E-state index in [9.17, 15) is 13.2 Å². The molecule has 7 heteroatoms. The second kappa shape index (κ2) is 5.16. The summed E-state index contributed by atoms with van der Waals surface area (Å²) in [6, 6.07) is 8.13. The Labute approximate surface area is 126 Å². The number of thiophene rings is 1. The van der Waals surface area contributed by atoms with Crippen LogP contribution < -0.4 is 9.04 Å². The van der Waals surface area contributed by atoms with Crippen molar-refractivity contribution in [3.8, 4) is 5.75 Å². The highest BCUT2D eigenvalue weighted by molar-refractivity contribution is 7.94. The first-order valence-electron chi connectivity index (χ1n) is 6.34. The standard InChI is InChI=1S/C14H13NO4S2/c1-10(16)11-4-5-13-12(9-11)15(6-7-19-13)21(17,18)14-3-2-8-20-14/h2-5,8-9H,6-7H2,1H3. The molecule has 0 saturated carbocycles. The molecule has 0 amide bonds.